The molecule has 0 aliphatic heterocycles. The summed E-state index contributed by atoms with van der Waals surface area (Å²) in [6.45, 7) is 8.31. The molecule has 0 aliphatic carbocycles. The second-order valence-electron chi connectivity index (χ2n) is 8.44. The number of hydrogen-bond acceptors (Lipinski definition) is 6. The van der Waals surface area contributed by atoms with Crippen molar-refractivity contribution < 1.29 is 14.3 Å². The Labute approximate surface area is 180 Å². The summed E-state index contributed by atoms with van der Waals surface area (Å²) in [4.78, 5) is 17.0. The summed E-state index contributed by atoms with van der Waals surface area (Å²) in [5, 5.41) is 23.0. The molecule has 0 fully saturated rings. The second-order valence-corrected chi connectivity index (χ2v) is 8.44. The third-order valence-electron chi connectivity index (χ3n) is 4.80. The van der Waals surface area contributed by atoms with Crippen LogP contribution in [0.3, 0.4) is 0 Å². The van der Waals surface area contributed by atoms with E-state index in [0.717, 1.165) is 16.8 Å². The number of carbonyl (C=O) groups excluding carboxylic acids is 1. The fourth-order valence-electron chi connectivity index (χ4n) is 3.00. The maximum absolute atomic E-state index is 14.0. The van der Waals surface area contributed by atoms with Crippen molar-refractivity contribution in [1.82, 2.24) is 19.9 Å². The number of nitrogens with zero attached hydrogens (tertiary/aromatic N) is 3. The molecule has 31 heavy (non-hydrogen) atoms. The molecular formula is C22H29FN6O2. The summed E-state index contributed by atoms with van der Waals surface area (Å²) in [6, 6.07) is 5.69. The summed E-state index contributed by atoms with van der Waals surface area (Å²) >= 11 is 0. The van der Waals surface area contributed by atoms with E-state index < -0.39 is 17.7 Å². The summed E-state index contributed by atoms with van der Waals surface area (Å²) in [5.74, 6) is 0.0949. The van der Waals surface area contributed by atoms with E-state index in [2.05, 4.69) is 26.0 Å². The molecule has 0 bridgehead atoms. The van der Waals surface area contributed by atoms with Crippen molar-refractivity contribution in [2.45, 2.75) is 52.4 Å². The fourth-order valence-corrected chi connectivity index (χ4v) is 3.00. The van der Waals surface area contributed by atoms with Crippen LogP contribution in [0, 0.1) is 6.92 Å². The van der Waals surface area contributed by atoms with Gasteiger partial charge in [0.2, 0.25) is 0 Å². The standard InChI is InChI=1S/C22H29FN6O2/c1-13(2)27-18-9-20(28-17-8-15-6-7-26-29(15)12-14(17)3)24-10-16(18)21(30)25-11-19(23)22(4,5)31/h6-10,12-13,19,31H,11H2,1-5H3,(H,25,30)(H2,24,27,28). The van der Waals surface area contributed by atoms with Crippen LogP contribution in [0.5, 0.6) is 0 Å². The third kappa shape index (κ3) is 5.49. The Morgan fingerprint density at radius 3 is 2.71 bits per heavy atom. The number of rotatable bonds is 8. The molecule has 4 N–H and O–H groups in total. The maximum Gasteiger partial charge on any atom is 0.255 e. The van der Waals surface area contributed by atoms with Crippen LogP contribution < -0.4 is 16.0 Å². The van der Waals surface area contributed by atoms with Crippen LogP contribution in [0.15, 0.2) is 36.8 Å². The fraction of sp³-hybridized carbons (Fsp3) is 0.409. The number of aromatic nitrogens is 3. The second kappa shape index (κ2) is 8.89. The van der Waals surface area contributed by atoms with Gasteiger partial charge in [-0.2, -0.15) is 5.10 Å². The summed E-state index contributed by atoms with van der Waals surface area (Å²) in [5.41, 5.74) is 2.14. The van der Waals surface area contributed by atoms with Gasteiger partial charge in [-0.05, 0) is 52.3 Å². The number of alkyl halides is 1. The molecule has 8 nitrogen and oxygen atoms in total. The average Bonchev–Trinajstić information content (AvgIpc) is 3.12. The zero-order valence-electron chi connectivity index (χ0n) is 18.4. The largest absolute Gasteiger partial charge is 0.387 e. The first-order valence-corrected chi connectivity index (χ1v) is 10.2. The Hall–Kier alpha value is -3.20. The van der Waals surface area contributed by atoms with Crippen molar-refractivity contribution >= 4 is 28.6 Å². The first-order chi connectivity index (χ1) is 14.5. The Kier molecular flexibility index (Phi) is 6.45. The Bertz CT molecular complexity index is 1070. The summed E-state index contributed by atoms with van der Waals surface area (Å²) in [7, 11) is 0. The zero-order valence-corrected chi connectivity index (χ0v) is 18.4. The number of aryl methyl sites for hydroxylation is 1. The number of nitrogens with one attached hydrogen (secondary N) is 3. The lowest BCUT2D eigenvalue weighted by Crippen LogP contribution is -2.42. The van der Waals surface area contributed by atoms with E-state index in [1.807, 2.05) is 39.1 Å². The highest BCUT2D eigenvalue weighted by molar-refractivity contribution is 6.00. The minimum atomic E-state index is -1.59. The highest BCUT2D eigenvalue weighted by Gasteiger charge is 2.27. The number of aliphatic hydroxyl groups is 1. The van der Waals surface area contributed by atoms with Crippen LogP contribution in [0.2, 0.25) is 0 Å². The van der Waals surface area contributed by atoms with Crippen LogP contribution in [-0.4, -0.2) is 50.0 Å². The number of halogens is 1. The Morgan fingerprint density at radius 2 is 2.03 bits per heavy atom. The minimum absolute atomic E-state index is 0.0666. The number of anilines is 3. The van der Waals surface area contributed by atoms with Gasteiger partial charge >= 0.3 is 0 Å². The molecule has 0 saturated heterocycles. The van der Waals surface area contributed by atoms with Crippen molar-refractivity contribution in [1.29, 1.82) is 0 Å². The van der Waals surface area contributed by atoms with E-state index in [1.165, 1.54) is 20.0 Å². The lowest BCUT2D eigenvalue weighted by molar-refractivity contribution is -0.00177. The third-order valence-corrected chi connectivity index (χ3v) is 4.80. The molecule has 0 spiro atoms. The summed E-state index contributed by atoms with van der Waals surface area (Å²) in [6.07, 6.45) is 3.51. The molecule has 1 amide bonds. The molecule has 1 unspecified atom stereocenters. The smallest absolute Gasteiger partial charge is 0.255 e. The molecule has 3 rings (SSSR count). The van der Waals surface area contributed by atoms with Crippen LogP contribution in [0.1, 0.15) is 43.6 Å². The molecule has 0 radical (unpaired) electrons. The van der Waals surface area contributed by atoms with Crippen molar-refractivity contribution in [3.8, 4) is 0 Å². The van der Waals surface area contributed by atoms with Gasteiger partial charge < -0.3 is 21.1 Å². The molecule has 3 aromatic rings. The van der Waals surface area contributed by atoms with E-state index in [0.29, 0.717) is 17.1 Å². The van der Waals surface area contributed by atoms with Gasteiger partial charge in [0.05, 0.1) is 28.9 Å². The van der Waals surface area contributed by atoms with E-state index in [9.17, 15) is 14.3 Å². The lowest BCUT2D eigenvalue weighted by Gasteiger charge is -2.23. The quantitative estimate of drug-likeness (QED) is 0.438. The van der Waals surface area contributed by atoms with Crippen LogP contribution >= 0.6 is 0 Å². The monoisotopic (exact) mass is 428 g/mol. The number of amides is 1. The molecule has 0 aliphatic rings. The topological polar surface area (TPSA) is 104 Å². The summed E-state index contributed by atoms with van der Waals surface area (Å²) < 4.78 is 15.8. The predicted octanol–water partition coefficient (Wildman–Crippen LogP) is 3.44. The number of hydrogen-bond donors (Lipinski definition) is 4. The van der Waals surface area contributed by atoms with E-state index in [1.54, 1.807) is 16.8 Å². The van der Waals surface area contributed by atoms with Gasteiger partial charge in [-0.3, -0.25) is 4.79 Å². The molecule has 0 aromatic carbocycles. The number of carbonyl (C=O) groups is 1. The zero-order chi connectivity index (χ0) is 22.8. The molecule has 166 valence electrons. The van der Waals surface area contributed by atoms with E-state index >= 15 is 0 Å². The Balaban J connectivity index is 1.83. The number of fused-ring (bicyclic) bond motifs is 1. The van der Waals surface area contributed by atoms with Crippen LogP contribution in [0.25, 0.3) is 5.52 Å². The number of pyridine rings is 2. The highest BCUT2D eigenvalue weighted by atomic mass is 19.1. The predicted molar refractivity (Wildman–Crippen MR) is 120 cm³/mol. The van der Waals surface area contributed by atoms with E-state index in [-0.39, 0.29) is 12.6 Å². The average molecular weight is 429 g/mol. The van der Waals surface area contributed by atoms with Gasteiger partial charge in [0.15, 0.2) is 0 Å². The SMILES string of the molecule is Cc1cn2nccc2cc1Nc1cc(NC(C)C)c(C(=O)NCC(F)C(C)(C)O)cn1. The minimum Gasteiger partial charge on any atom is -0.387 e. The van der Waals surface area contributed by atoms with Gasteiger partial charge in [0.1, 0.15) is 12.0 Å². The first kappa shape index (κ1) is 22.5. The van der Waals surface area contributed by atoms with E-state index in [4.69, 9.17) is 0 Å². The van der Waals surface area contributed by atoms with Crippen molar-refractivity contribution in [2.75, 3.05) is 17.2 Å². The van der Waals surface area contributed by atoms with Crippen LogP contribution in [-0.2, 0) is 0 Å². The van der Waals surface area contributed by atoms with Gasteiger partial charge in [-0.25, -0.2) is 13.9 Å². The first-order valence-electron chi connectivity index (χ1n) is 10.2. The molecule has 0 saturated carbocycles. The van der Waals surface area contributed by atoms with Gasteiger partial charge in [-0.15, -0.1) is 0 Å². The van der Waals surface area contributed by atoms with Crippen molar-refractivity contribution in [3.63, 3.8) is 0 Å². The molecular weight excluding hydrogens is 399 g/mol. The highest BCUT2D eigenvalue weighted by Crippen LogP contribution is 2.25. The van der Waals surface area contributed by atoms with Gasteiger partial charge in [0, 0.05) is 36.4 Å². The van der Waals surface area contributed by atoms with Crippen LogP contribution in [0.4, 0.5) is 21.6 Å². The van der Waals surface area contributed by atoms with Crippen molar-refractivity contribution in [3.05, 3.63) is 47.9 Å². The molecule has 1 atom stereocenters. The molecule has 9 heteroatoms. The molecule has 3 aromatic heterocycles. The Morgan fingerprint density at radius 1 is 1.29 bits per heavy atom. The van der Waals surface area contributed by atoms with Gasteiger partial charge in [0.25, 0.3) is 5.91 Å². The van der Waals surface area contributed by atoms with Crippen molar-refractivity contribution in [2.24, 2.45) is 0 Å². The normalized spacial score (nSPS) is 12.8. The maximum atomic E-state index is 14.0. The lowest BCUT2D eigenvalue weighted by atomic mass is 10.0. The van der Waals surface area contributed by atoms with Gasteiger partial charge in [-0.1, -0.05) is 0 Å². The molecule has 3 heterocycles.